The van der Waals surface area contributed by atoms with E-state index in [1.54, 1.807) is 13.8 Å². The Labute approximate surface area is 111 Å². The molecule has 1 fully saturated rings. The number of ether oxygens (including phenoxy) is 3. The van der Waals surface area contributed by atoms with Gasteiger partial charge >= 0.3 is 11.9 Å². The van der Waals surface area contributed by atoms with Crippen LogP contribution in [0.25, 0.3) is 0 Å². The third kappa shape index (κ3) is 4.15. The van der Waals surface area contributed by atoms with Crippen LogP contribution in [0.15, 0.2) is 0 Å². The smallest absolute Gasteiger partial charge is 0.337 e. The first kappa shape index (κ1) is 15.9. The van der Waals surface area contributed by atoms with Crippen molar-refractivity contribution in [3.05, 3.63) is 0 Å². The standard InChI is InChI=1S/C12H20O7/c1-3-17-11(15)9(13)7-5-6-8(19-7)10(14)12(16)18-4-2/h7-10,13-14H,3-6H2,1-2H3/t7-,8+,9-,10-/m1/s1. The van der Waals surface area contributed by atoms with Gasteiger partial charge in [0.2, 0.25) is 0 Å². The van der Waals surface area contributed by atoms with Gasteiger partial charge in [-0.3, -0.25) is 0 Å². The van der Waals surface area contributed by atoms with Crippen molar-refractivity contribution in [3.8, 4) is 0 Å². The minimum atomic E-state index is -1.40. The number of carbonyl (C=O) groups is 2. The monoisotopic (exact) mass is 276 g/mol. The molecule has 0 amide bonds. The maximum absolute atomic E-state index is 11.3. The van der Waals surface area contributed by atoms with Crippen molar-refractivity contribution in [1.82, 2.24) is 0 Å². The summed E-state index contributed by atoms with van der Waals surface area (Å²) < 4.78 is 14.7. The molecule has 19 heavy (non-hydrogen) atoms. The number of aliphatic hydroxyl groups excluding tert-OH is 2. The van der Waals surface area contributed by atoms with Gasteiger partial charge in [0.25, 0.3) is 0 Å². The van der Waals surface area contributed by atoms with Crippen molar-refractivity contribution >= 4 is 11.9 Å². The lowest BCUT2D eigenvalue weighted by Crippen LogP contribution is -2.39. The third-order valence-corrected chi connectivity index (χ3v) is 2.85. The van der Waals surface area contributed by atoms with E-state index in [1.807, 2.05) is 0 Å². The van der Waals surface area contributed by atoms with Crippen LogP contribution in [0.4, 0.5) is 0 Å². The van der Waals surface area contributed by atoms with Crippen LogP contribution in [0.2, 0.25) is 0 Å². The van der Waals surface area contributed by atoms with E-state index < -0.39 is 36.4 Å². The molecule has 2 N–H and O–H groups in total. The minimum absolute atomic E-state index is 0.164. The highest BCUT2D eigenvalue weighted by molar-refractivity contribution is 5.76. The van der Waals surface area contributed by atoms with E-state index >= 15 is 0 Å². The molecule has 0 saturated carbocycles. The van der Waals surface area contributed by atoms with Crippen LogP contribution in [-0.4, -0.2) is 59.8 Å². The van der Waals surface area contributed by atoms with Gasteiger partial charge < -0.3 is 24.4 Å². The molecule has 1 heterocycles. The number of carbonyl (C=O) groups excluding carboxylic acids is 2. The molecule has 0 aromatic rings. The lowest BCUT2D eigenvalue weighted by Gasteiger charge is -2.20. The van der Waals surface area contributed by atoms with Gasteiger partial charge in [-0.2, -0.15) is 0 Å². The van der Waals surface area contributed by atoms with E-state index in [1.165, 1.54) is 0 Å². The van der Waals surface area contributed by atoms with Crippen molar-refractivity contribution < 1.29 is 34.0 Å². The van der Waals surface area contributed by atoms with Gasteiger partial charge in [-0.1, -0.05) is 0 Å². The Morgan fingerprint density at radius 2 is 1.42 bits per heavy atom. The quantitative estimate of drug-likeness (QED) is 0.623. The van der Waals surface area contributed by atoms with Gasteiger partial charge in [-0.05, 0) is 26.7 Å². The Kier molecular flexibility index (Phi) is 6.20. The van der Waals surface area contributed by atoms with Crippen LogP contribution >= 0.6 is 0 Å². The molecule has 0 aromatic carbocycles. The van der Waals surface area contributed by atoms with Crippen LogP contribution in [0, 0.1) is 0 Å². The first-order chi connectivity index (χ1) is 9.01. The van der Waals surface area contributed by atoms with E-state index in [-0.39, 0.29) is 13.2 Å². The Bertz CT molecular complexity index is 287. The largest absolute Gasteiger partial charge is 0.464 e. The SMILES string of the molecule is CCOC(=O)[C@H](O)[C@@H]1CC[C@H]([C@@H](O)C(=O)OCC)O1. The van der Waals surface area contributed by atoms with Crippen LogP contribution in [0.1, 0.15) is 26.7 Å². The predicted octanol–water partition coefficient (Wildman–Crippen LogP) is -0.618. The van der Waals surface area contributed by atoms with E-state index in [0.717, 1.165) is 0 Å². The zero-order valence-electron chi connectivity index (χ0n) is 11.1. The van der Waals surface area contributed by atoms with E-state index in [9.17, 15) is 19.8 Å². The number of esters is 2. The fraction of sp³-hybridized carbons (Fsp3) is 0.833. The number of aliphatic hydroxyl groups is 2. The molecular weight excluding hydrogens is 256 g/mol. The summed E-state index contributed by atoms with van der Waals surface area (Å²) in [6.45, 7) is 3.59. The number of hydrogen-bond acceptors (Lipinski definition) is 7. The Morgan fingerprint density at radius 3 is 1.74 bits per heavy atom. The van der Waals surface area contributed by atoms with Crippen molar-refractivity contribution in [1.29, 1.82) is 0 Å². The van der Waals surface area contributed by atoms with Crippen LogP contribution in [-0.2, 0) is 23.8 Å². The summed E-state index contributed by atoms with van der Waals surface area (Å²) in [5.41, 5.74) is 0. The summed E-state index contributed by atoms with van der Waals surface area (Å²) >= 11 is 0. The van der Waals surface area contributed by atoms with Crippen LogP contribution in [0.3, 0.4) is 0 Å². The Balaban J connectivity index is 2.49. The van der Waals surface area contributed by atoms with E-state index in [0.29, 0.717) is 12.8 Å². The molecule has 0 aliphatic carbocycles. The van der Waals surface area contributed by atoms with Crippen molar-refractivity contribution in [3.63, 3.8) is 0 Å². The molecule has 0 unspecified atom stereocenters. The van der Waals surface area contributed by atoms with E-state index in [4.69, 9.17) is 4.74 Å². The summed E-state index contributed by atoms with van der Waals surface area (Å²) in [4.78, 5) is 22.7. The summed E-state index contributed by atoms with van der Waals surface area (Å²) in [7, 11) is 0. The molecule has 0 radical (unpaired) electrons. The highest BCUT2D eigenvalue weighted by Crippen LogP contribution is 2.25. The molecule has 1 saturated heterocycles. The fourth-order valence-electron chi connectivity index (χ4n) is 1.91. The van der Waals surface area contributed by atoms with Crippen LogP contribution in [0.5, 0.6) is 0 Å². The van der Waals surface area contributed by atoms with Gasteiger partial charge in [0.05, 0.1) is 25.4 Å². The molecular formula is C12H20O7. The van der Waals surface area contributed by atoms with Gasteiger partial charge in [0, 0.05) is 0 Å². The highest BCUT2D eigenvalue weighted by Gasteiger charge is 2.40. The van der Waals surface area contributed by atoms with Gasteiger partial charge in [-0.15, -0.1) is 0 Å². The molecule has 4 atom stereocenters. The zero-order chi connectivity index (χ0) is 14.4. The number of hydrogen-bond donors (Lipinski definition) is 2. The summed E-state index contributed by atoms with van der Waals surface area (Å²) in [6.07, 6.45) is -3.62. The molecule has 0 aromatic heterocycles. The predicted molar refractivity (Wildman–Crippen MR) is 63.2 cm³/mol. The molecule has 0 bridgehead atoms. The molecule has 7 nitrogen and oxygen atoms in total. The van der Waals surface area contributed by atoms with Crippen molar-refractivity contribution in [2.75, 3.05) is 13.2 Å². The number of rotatable bonds is 6. The average Bonchev–Trinajstić information content (AvgIpc) is 2.87. The molecule has 1 rings (SSSR count). The van der Waals surface area contributed by atoms with Gasteiger partial charge in [-0.25, -0.2) is 9.59 Å². The highest BCUT2D eigenvalue weighted by atomic mass is 16.6. The molecule has 7 heteroatoms. The summed E-state index contributed by atoms with van der Waals surface area (Å²) in [5, 5.41) is 19.4. The first-order valence-electron chi connectivity index (χ1n) is 6.36. The van der Waals surface area contributed by atoms with Gasteiger partial charge in [0.15, 0.2) is 12.2 Å². The molecule has 1 aliphatic rings. The minimum Gasteiger partial charge on any atom is -0.464 e. The first-order valence-corrected chi connectivity index (χ1v) is 6.36. The fourth-order valence-corrected chi connectivity index (χ4v) is 1.91. The molecule has 110 valence electrons. The maximum atomic E-state index is 11.3. The van der Waals surface area contributed by atoms with Crippen molar-refractivity contribution in [2.24, 2.45) is 0 Å². The Hall–Kier alpha value is -1.18. The zero-order valence-corrected chi connectivity index (χ0v) is 11.1. The van der Waals surface area contributed by atoms with Gasteiger partial charge in [0.1, 0.15) is 0 Å². The third-order valence-electron chi connectivity index (χ3n) is 2.85. The average molecular weight is 276 g/mol. The Morgan fingerprint density at radius 1 is 1.05 bits per heavy atom. The second-order valence-electron chi connectivity index (χ2n) is 4.18. The lowest BCUT2D eigenvalue weighted by molar-refractivity contribution is -0.169. The normalized spacial score (nSPS) is 25.7. The second-order valence-corrected chi connectivity index (χ2v) is 4.18. The lowest BCUT2D eigenvalue weighted by atomic mass is 10.1. The maximum Gasteiger partial charge on any atom is 0.337 e. The summed E-state index contributed by atoms with van der Waals surface area (Å²) in [6, 6.07) is 0. The molecule has 1 aliphatic heterocycles. The summed E-state index contributed by atoms with van der Waals surface area (Å²) in [5.74, 6) is -1.53. The molecule has 0 spiro atoms. The topological polar surface area (TPSA) is 102 Å². The second kappa shape index (κ2) is 7.42. The van der Waals surface area contributed by atoms with Crippen LogP contribution < -0.4 is 0 Å². The van der Waals surface area contributed by atoms with Crippen molar-refractivity contribution in [2.45, 2.75) is 51.1 Å². The van der Waals surface area contributed by atoms with E-state index in [2.05, 4.69) is 9.47 Å².